The van der Waals surface area contributed by atoms with E-state index in [1.165, 1.54) is 5.56 Å². The van der Waals surface area contributed by atoms with Gasteiger partial charge in [0.05, 0.1) is 11.6 Å². The lowest BCUT2D eigenvalue weighted by Crippen LogP contribution is -2.31. The number of aryl methyl sites for hydroxylation is 1. The van der Waals surface area contributed by atoms with E-state index in [1.54, 1.807) is 23.5 Å². The summed E-state index contributed by atoms with van der Waals surface area (Å²) >= 11 is 1.66. The van der Waals surface area contributed by atoms with Crippen LogP contribution < -0.4 is 10.5 Å². The van der Waals surface area contributed by atoms with E-state index in [1.807, 2.05) is 12.1 Å². The summed E-state index contributed by atoms with van der Waals surface area (Å²) in [5, 5.41) is 11.0. The van der Waals surface area contributed by atoms with Crippen molar-refractivity contribution in [3.8, 4) is 11.8 Å². The van der Waals surface area contributed by atoms with Crippen molar-refractivity contribution >= 4 is 11.3 Å². The molecule has 0 saturated heterocycles. The molecule has 0 aliphatic heterocycles. The van der Waals surface area contributed by atoms with E-state index in [4.69, 9.17) is 15.7 Å². The van der Waals surface area contributed by atoms with Crippen LogP contribution in [0.1, 0.15) is 35.5 Å². The van der Waals surface area contributed by atoms with E-state index in [0.29, 0.717) is 11.3 Å². The van der Waals surface area contributed by atoms with Gasteiger partial charge < -0.3 is 10.5 Å². The maximum Gasteiger partial charge on any atom is 0.148 e. The molecule has 0 fully saturated rings. The van der Waals surface area contributed by atoms with E-state index in [9.17, 15) is 0 Å². The van der Waals surface area contributed by atoms with Crippen LogP contribution >= 0.6 is 11.3 Å². The Morgan fingerprint density at radius 3 is 2.80 bits per heavy atom. The Labute approximate surface area is 123 Å². The molecular weight excluding hydrogens is 268 g/mol. The largest absolute Gasteiger partial charge is 0.483 e. The summed E-state index contributed by atoms with van der Waals surface area (Å²) in [5.74, 6) is 0.686. The molecule has 1 heterocycles. The standard InChI is InChI=1S/C16H18N2OS/c1-3-14(18)15(16-11(2)7-8-20-16)19-13-6-4-5-12(9-13)10-17/h4-9,14-15H,3,18H2,1-2H3. The van der Waals surface area contributed by atoms with Gasteiger partial charge in [-0.1, -0.05) is 13.0 Å². The molecule has 4 heteroatoms. The van der Waals surface area contributed by atoms with Crippen LogP contribution in [0, 0.1) is 18.3 Å². The second-order valence-electron chi connectivity index (χ2n) is 4.72. The molecule has 1 aromatic heterocycles. The van der Waals surface area contributed by atoms with Crippen LogP contribution in [-0.2, 0) is 0 Å². The van der Waals surface area contributed by atoms with Gasteiger partial charge in [0.1, 0.15) is 11.9 Å². The number of nitrogens with zero attached hydrogens (tertiary/aromatic N) is 1. The number of nitriles is 1. The molecular formula is C16H18N2OS. The highest BCUT2D eigenvalue weighted by molar-refractivity contribution is 7.10. The SMILES string of the molecule is CCC(N)C(Oc1cccc(C#N)c1)c1sccc1C. The molecule has 2 aromatic rings. The van der Waals surface area contributed by atoms with Gasteiger partial charge in [-0.3, -0.25) is 0 Å². The summed E-state index contributed by atoms with van der Waals surface area (Å²) in [7, 11) is 0. The van der Waals surface area contributed by atoms with Crippen molar-refractivity contribution in [1.82, 2.24) is 0 Å². The minimum Gasteiger partial charge on any atom is -0.483 e. The van der Waals surface area contributed by atoms with E-state index >= 15 is 0 Å². The number of benzene rings is 1. The molecule has 20 heavy (non-hydrogen) atoms. The summed E-state index contributed by atoms with van der Waals surface area (Å²) < 4.78 is 6.07. The molecule has 0 saturated carbocycles. The zero-order valence-electron chi connectivity index (χ0n) is 11.7. The Morgan fingerprint density at radius 1 is 1.40 bits per heavy atom. The van der Waals surface area contributed by atoms with Gasteiger partial charge in [0, 0.05) is 10.9 Å². The third-order valence-corrected chi connectivity index (χ3v) is 4.33. The Morgan fingerprint density at radius 2 is 2.20 bits per heavy atom. The van der Waals surface area contributed by atoms with Crippen molar-refractivity contribution in [1.29, 1.82) is 5.26 Å². The molecule has 0 spiro atoms. The lowest BCUT2D eigenvalue weighted by molar-refractivity contribution is 0.174. The highest BCUT2D eigenvalue weighted by Gasteiger charge is 2.23. The predicted octanol–water partition coefficient (Wildman–Crippen LogP) is 3.79. The third-order valence-electron chi connectivity index (χ3n) is 3.25. The first-order valence-corrected chi connectivity index (χ1v) is 7.50. The topological polar surface area (TPSA) is 59.0 Å². The van der Waals surface area contributed by atoms with Gasteiger partial charge in [0.25, 0.3) is 0 Å². The van der Waals surface area contributed by atoms with Crippen LogP contribution in [0.25, 0.3) is 0 Å². The molecule has 0 amide bonds. The molecule has 0 bridgehead atoms. The lowest BCUT2D eigenvalue weighted by atomic mass is 10.1. The fraction of sp³-hybridized carbons (Fsp3) is 0.312. The van der Waals surface area contributed by atoms with Crippen LogP contribution in [0.2, 0.25) is 0 Å². The fourth-order valence-electron chi connectivity index (χ4n) is 2.01. The maximum absolute atomic E-state index is 8.95. The van der Waals surface area contributed by atoms with Crippen molar-refractivity contribution in [2.24, 2.45) is 5.73 Å². The minimum absolute atomic E-state index is 0.0712. The molecule has 104 valence electrons. The zero-order valence-corrected chi connectivity index (χ0v) is 12.5. The molecule has 2 N–H and O–H groups in total. The van der Waals surface area contributed by atoms with Gasteiger partial charge in [-0.25, -0.2) is 0 Å². The fourth-order valence-corrected chi connectivity index (χ4v) is 3.04. The first-order chi connectivity index (χ1) is 9.65. The summed E-state index contributed by atoms with van der Waals surface area (Å²) in [6, 6.07) is 11.3. The van der Waals surface area contributed by atoms with Crippen LogP contribution in [0.5, 0.6) is 5.75 Å². The van der Waals surface area contributed by atoms with E-state index in [-0.39, 0.29) is 12.1 Å². The van der Waals surface area contributed by atoms with Gasteiger partial charge in [-0.2, -0.15) is 5.26 Å². The van der Waals surface area contributed by atoms with Crippen molar-refractivity contribution in [2.45, 2.75) is 32.4 Å². The first-order valence-electron chi connectivity index (χ1n) is 6.62. The van der Waals surface area contributed by atoms with Gasteiger partial charge in [0.15, 0.2) is 0 Å². The second kappa shape index (κ2) is 6.56. The second-order valence-corrected chi connectivity index (χ2v) is 5.67. The number of hydrogen-bond donors (Lipinski definition) is 1. The number of nitrogens with two attached hydrogens (primary N) is 1. The molecule has 2 rings (SSSR count). The number of ether oxygens (including phenoxy) is 1. The van der Waals surface area contributed by atoms with Gasteiger partial charge in [0.2, 0.25) is 0 Å². The minimum atomic E-state index is -0.172. The smallest absolute Gasteiger partial charge is 0.148 e. The third kappa shape index (κ3) is 3.19. The van der Waals surface area contributed by atoms with Crippen molar-refractivity contribution in [3.63, 3.8) is 0 Å². The Bertz CT molecular complexity index is 615. The quantitative estimate of drug-likeness (QED) is 0.909. The highest BCUT2D eigenvalue weighted by Crippen LogP contribution is 2.31. The molecule has 1 aromatic carbocycles. The first kappa shape index (κ1) is 14.6. The molecule has 3 nitrogen and oxygen atoms in total. The monoisotopic (exact) mass is 286 g/mol. The molecule has 2 atom stereocenters. The van der Waals surface area contributed by atoms with Crippen LogP contribution in [0.15, 0.2) is 35.7 Å². The molecule has 0 aliphatic carbocycles. The summed E-state index contributed by atoms with van der Waals surface area (Å²) in [5.41, 5.74) is 8.00. The van der Waals surface area contributed by atoms with Gasteiger partial charge >= 0.3 is 0 Å². The number of thiophene rings is 1. The zero-order chi connectivity index (χ0) is 14.5. The average Bonchev–Trinajstić information content (AvgIpc) is 2.90. The maximum atomic E-state index is 8.95. The Balaban J connectivity index is 2.29. The summed E-state index contributed by atoms with van der Waals surface area (Å²) in [6.45, 7) is 4.12. The van der Waals surface area contributed by atoms with Crippen LogP contribution in [0.3, 0.4) is 0 Å². The van der Waals surface area contributed by atoms with Crippen molar-refractivity contribution < 1.29 is 4.74 Å². The lowest BCUT2D eigenvalue weighted by Gasteiger charge is -2.24. The molecule has 0 radical (unpaired) electrons. The Kier molecular flexibility index (Phi) is 4.78. The van der Waals surface area contributed by atoms with Crippen molar-refractivity contribution in [2.75, 3.05) is 0 Å². The highest BCUT2D eigenvalue weighted by atomic mass is 32.1. The number of hydrogen-bond acceptors (Lipinski definition) is 4. The molecule has 2 unspecified atom stereocenters. The number of rotatable bonds is 5. The van der Waals surface area contributed by atoms with Gasteiger partial charge in [-0.15, -0.1) is 11.3 Å². The van der Waals surface area contributed by atoms with Crippen molar-refractivity contribution in [3.05, 3.63) is 51.7 Å². The summed E-state index contributed by atoms with van der Waals surface area (Å²) in [6.07, 6.45) is 0.661. The predicted molar refractivity (Wildman–Crippen MR) is 81.8 cm³/mol. The van der Waals surface area contributed by atoms with E-state index in [0.717, 1.165) is 11.3 Å². The van der Waals surface area contributed by atoms with Crippen LogP contribution in [0.4, 0.5) is 0 Å². The normalized spacial score (nSPS) is 13.5. The Hall–Kier alpha value is -1.83. The van der Waals surface area contributed by atoms with E-state index in [2.05, 4.69) is 31.4 Å². The van der Waals surface area contributed by atoms with Gasteiger partial charge in [-0.05, 0) is 48.6 Å². The summed E-state index contributed by atoms with van der Waals surface area (Å²) in [4.78, 5) is 1.15. The van der Waals surface area contributed by atoms with Crippen LogP contribution in [-0.4, -0.2) is 6.04 Å². The van der Waals surface area contributed by atoms with E-state index < -0.39 is 0 Å². The molecule has 0 aliphatic rings. The average molecular weight is 286 g/mol.